The van der Waals surface area contributed by atoms with Gasteiger partial charge in [0.2, 0.25) is 5.95 Å². The van der Waals surface area contributed by atoms with Crippen LogP contribution in [0, 0.1) is 0 Å². The number of ether oxygens (including phenoxy) is 1. The lowest BCUT2D eigenvalue weighted by atomic mass is 10.3. The number of nitrogens with two attached hydrogens (primary N) is 1. The maximum Gasteiger partial charge on any atom is 0.336 e. The van der Waals surface area contributed by atoms with Gasteiger partial charge < -0.3 is 15.6 Å². The van der Waals surface area contributed by atoms with Gasteiger partial charge in [0.05, 0.1) is 13.2 Å². The summed E-state index contributed by atoms with van der Waals surface area (Å²) in [5, 5.41) is 13.0. The summed E-state index contributed by atoms with van der Waals surface area (Å²) in [6, 6.07) is 0. The van der Waals surface area contributed by atoms with Crippen molar-refractivity contribution < 1.29 is 14.6 Å². The van der Waals surface area contributed by atoms with Gasteiger partial charge in [-0.1, -0.05) is 0 Å². The second-order valence-corrected chi connectivity index (χ2v) is 2.59. The molecule has 0 radical (unpaired) electrons. The number of esters is 1. The molecule has 1 unspecified atom stereocenters. The summed E-state index contributed by atoms with van der Waals surface area (Å²) in [5.74, 6) is -0.581. The second-order valence-electron chi connectivity index (χ2n) is 2.59. The van der Waals surface area contributed by atoms with Crippen LogP contribution in [0.3, 0.4) is 0 Å². The number of nitrogens with zero attached hydrogens (tertiary/aromatic N) is 3. The average molecular weight is 200 g/mol. The molecule has 0 fully saturated rings. The first-order chi connectivity index (χ1) is 6.63. The Kier molecular flexibility index (Phi) is 3.41. The van der Waals surface area contributed by atoms with Gasteiger partial charge >= 0.3 is 5.97 Å². The normalized spacial score (nSPS) is 12.4. The number of aliphatic hydroxyl groups excluding tert-OH is 1. The molecule has 0 aliphatic heterocycles. The van der Waals surface area contributed by atoms with Crippen LogP contribution in [0.25, 0.3) is 0 Å². The largest absolute Gasteiger partial charge is 0.464 e. The Balaban J connectivity index is 2.48. The maximum absolute atomic E-state index is 11.0. The molecule has 0 aliphatic carbocycles. The second kappa shape index (κ2) is 4.56. The summed E-state index contributed by atoms with van der Waals surface area (Å²) < 4.78 is 5.88. The first-order valence-electron chi connectivity index (χ1n) is 4.13. The molecule has 7 nitrogen and oxygen atoms in total. The lowest BCUT2D eigenvalue weighted by molar-refractivity contribution is -0.153. The molecule has 1 rings (SSSR count). The van der Waals surface area contributed by atoms with Crippen molar-refractivity contribution in [1.29, 1.82) is 0 Å². The Morgan fingerprint density at radius 1 is 1.86 bits per heavy atom. The van der Waals surface area contributed by atoms with Crippen LogP contribution < -0.4 is 5.73 Å². The van der Waals surface area contributed by atoms with Gasteiger partial charge in [0.1, 0.15) is 6.33 Å². The van der Waals surface area contributed by atoms with Crippen LogP contribution in [0.1, 0.15) is 6.92 Å². The third-order valence-corrected chi connectivity index (χ3v) is 1.47. The average Bonchev–Trinajstić information content (AvgIpc) is 2.51. The van der Waals surface area contributed by atoms with E-state index in [2.05, 4.69) is 14.8 Å². The van der Waals surface area contributed by atoms with Crippen molar-refractivity contribution in [3.8, 4) is 0 Å². The van der Waals surface area contributed by atoms with Crippen molar-refractivity contribution in [3.63, 3.8) is 0 Å². The minimum atomic E-state index is -1.24. The number of hydrogen-bond acceptors (Lipinski definition) is 6. The molecule has 7 heteroatoms. The molecule has 0 aliphatic rings. The highest BCUT2D eigenvalue weighted by molar-refractivity contribution is 5.74. The van der Waals surface area contributed by atoms with Crippen molar-refractivity contribution in [3.05, 3.63) is 6.33 Å². The molecular weight excluding hydrogens is 188 g/mol. The molecule has 0 bridgehead atoms. The molecule has 14 heavy (non-hydrogen) atoms. The highest BCUT2D eigenvalue weighted by atomic mass is 16.5. The Morgan fingerprint density at radius 3 is 3.07 bits per heavy atom. The van der Waals surface area contributed by atoms with E-state index in [1.807, 2.05) is 0 Å². The number of rotatable bonds is 4. The molecule has 78 valence electrons. The van der Waals surface area contributed by atoms with Crippen LogP contribution in [-0.2, 0) is 16.1 Å². The number of anilines is 1. The van der Waals surface area contributed by atoms with Gasteiger partial charge in [0, 0.05) is 0 Å². The molecule has 0 saturated carbocycles. The monoisotopic (exact) mass is 200 g/mol. The maximum atomic E-state index is 11.0. The van der Waals surface area contributed by atoms with E-state index in [4.69, 9.17) is 5.73 Å². The molecule has 0 spiro atoms. The van der Waals surface area contributed by atoms with Crippen LogP contribution in [0.4, 0.5) is 5.95 Å². The van der Waals surface area contributed by atoms with Gasteiger partial charge in [0.25, 0.3) is 0 Å². The fourth-order valence-corrected chi connectivity index (χ4v) is 0.887. The van der Waals surface area contributed by atoms with Crippen LogP contribution in [0.5, 0.6) is 0 Å². The number of carbonyl (C=O) groups excluding carboxylic acids is 1. The third kappa shape index (κ3) is 2.70. The van der Waals surface area contributed by atoms with Crippen molar-refractivity contribution in [2.24, 2.45) is 0 Å². The van der Waals surface area contributed by atoms with Crippen LogP contribution in [0.15, 0.2) is 6.33 Å². The Bertz CT molecular complexity index is 312. The minimum absolute atomic E-state index is 0.0109. The fourth-order valence-electron chi connectivity index (χ4n) is 0.887. The van der Waals surface area contributed by atoms with E-state index in [0.29, 0.717) is 0 Å². The third-order valence-electron chi connectivity index (χ3n) is 1.47. The summed E-state index contributed by atoms with van der Waals surface area (Å²) >= 11 is 0. The predicted octanol–water partition coefficient (Wildman–Crippen LogP) is -1.22. The van der Waals surface area contributed by atoms with E-state index in [9.17, 15) is 9.90 Å². The van der Waals surface area contributed by atoms with Crippen molar-refractivity contribution in [2.75, 3.05) is 12.3 Å². The highest BCUT2D eigenvalue weighted by Gasteiger charge is 2.17. The Morgan fingerprint density at radius 2 is 2.57 bits per heavy atom. The molecular formula is C7H12N4O3. The van der Waals surface area contributed by atoms with E-state index >= 15 is 0 Å². The Labute approximate surface area is 80.5 Å². The summed E-state index contributed by atoms with van der Waals surface area (Å²) in [6.45, 7) is 1.89. The molecule has 1 aromatic heterocycles. The van der Waals surface area contributed by atoms with Crippen molar-refractivity contribution >= 4 is 11.9 Å². The summed E-state index contributed by atoms with van der Waals surface area (Å²) in [5.41, 5.74) is 5.25. The number of aromatic nitrogens is 3. The predicted molar refractivity (Wildman–Crippen MR) is 47.1 cm³/mol. The van der Waals surface area contributed by atoms with Crippen molar-refractivity contribution in [2.45, 2.75) is 19.6 Å². The SMILES string of the molecule is CCOC(=O)C(O)Cn1cnc(N)n1. The number of nitrogen functional groups attached to an aromatic ring is 1. The highest BCUT2D eigenvalue weighted by Crippen LogP contribution is 1.95. The minimum Gasteiger partial charge on any atom is -0.464 e. The molecule has 0 amide bonds. The molecule has 1 heterocycles. The van der Waals surface area contributed by atoms with Gasteiger partial charge in [-0.3, -0.25) is 0 Å². The van der Waals surface area contributed by atoms with Gasteiger partial charge in [-0.25, -0.2) is 14.5 Å². The standard InChI is InChI=1S/C7H12N4O3/c1-2-14-6(13)5(12)3-11-4-9-7(8)10-11/h4-5,12H,2-3H2,1H3,(H2,8,10). The summed E-state index contributed by atoms with van der Waals surface area (Å²) in [6.07, 6.45) is 0.0914. The van der Waals surface area contributed by atoms with E-state index in [1.165, 1.54) is 11.0 Å². The lowest BCUT2D eigenvalue weighted by Crippen LogP contribution is -2.28. The zero-order valence-corrected chi connectivity index (χ0v) is 7.75. The molecule has 0 aromatic carbocycles. The van der Waals surface area contributed by atoms with Crippen LogP contribution in [-0.4, -0.2) is 38.6 Å². The van der Waals surface area contributed by atoms with E-state index in [-0.39, 0.29) is 19.1 Å². The number of carbonyl (C=O) groups is 1. The molecule has 0 saturated heterocycles. The van der Waals surface area contributed by atoms with Crippen molar-refractivity contribution in [1.82, 2.24) is 14.8 Å². The Hall–Kier alpha value is -1.63. The zero-order valence-electron chi connectivity index (χ0n) is 7.75. The van der Waals surface area contributed by atoms with E-state index in [1.54, 1.807) is 6.92 Å². The first-order valence-corrected chi connectivity index (χ1v) is 4.13. The van der Waals surface area contributed by atoms with Gasteiger partial charge in [-0.05, 0) is 6.92 Å². The molecule has 1 aromatic rings. The van der Waals surface area contributed by atoms with E-state index < -0.39 is 12.1 Å². The fraction of sp³-hybridized carbons (Fsp3) is 0.571. The first kappa shape index (κ1) is 10.5. The summed E-state index contributed by atoms with van der Waals surface area (Å²) in [7, 11) is 0. The van der Waals surface area contributed by atoms with Crippen LogP contribution >= 0.6 is 0 Å². The topological polar surface area (TPSA) is 103 Å². The van der Waals surface area contributed by atoms with Crippen LogP contribution in [0.2, 0.25) is 0 Å². The quantitative estimate of drug-likeness (QED) is 0.591. The van der Waals surface area contributed by atoms with Gasteiger partial charge in [-0.15, -0.1) is 5.10 Å². The molecule has 3 N–H and O–H groups in total. The van der Waals surface area contributed by atoms with E-state index in [0.717, 1.165) is 0 Å². The summed E-state index contributed by atoms with van der Waals surface area (Å²) in [4.78, 5) is 14.6. The number of aliphatic hydroxyl groups is 1. The smallest absolute Gasteiger partial charge is 0.336 e. The van der Waals surface area contributed by atoms with Gasteiger partial charge in [0.15, 0.2) is 6.10 Å². The van der Waals surface area contributed by atoms with Gasteiger partial charge in [-0.2, -0.15) is 0 Å². The molecule has 1 atom stereocenters. The number of hydrogen-bond donors (Lipinski definition) is 2. The zero-order chi connectivity index (χ0) is 10.6. The lowest BCUT2D eigenvalue weighted by Gasteiger charge is -2.08.